The molecule has 0 radical (unpaired) electrons. The van der Waals surface area contributed by atoms with Crippen molar-refractivity contribution >= 4 is 36.8 Å². The molecule has 0 aromatic carbocycles. The first kappa shape index (κ1) is 22.4. The van der Waals surface area contributed by atoms with Crippen molar-refractivity contribution in [1.29, 1.82) is 0 Å². The van der Waals surface area contributed by atoms with Crippen molar-refractivity contribution in [3.05, 3.63) is 0 Å². The second-order valence-electron chi connectivity index (χ2n) is 5.47. The molecule has 0 saturated heterocycles. The average molecular weight is 362 g/mol. The van der Waals surface area contributed by atoms with Gasteiger partial charge in [-0.25, -0.2) is 4.79 Å². The summed E-state index contributed by atoms with van der Waals surface area (Å²) in [6.45, 7) is 2.14. The zero-order valence-corrected chi connectivity index (χ0v) is 14.7. The number of carbonyl (C=O) groups is 4. The third-order valence-corrected chi connectivity index (χ3v) is 3.91. The fraction of sp³-hybridized carbons (Fsp3) is 0.733. The number of amides is 1. The number of aliphatic carboxylic acids is 1. The molecule has 3 atom stereocenters. The van der Waals surface area contributed by atoms with Gasteiger partial charge in [0.1, 0.15) is 11.8 Å². The molecule has 138 valence electrons. The number of carbonyl (C=O) groups excluding carboxylic acids is 3. The van der Waals surface area contributed by atoms with Crippen LogP contribution in [-0.4, -0.2) is 47.3 Å². The highest BCUT2D eigenvalue weighted by Crippen LogP contribution is 2.12. The van der Waals surface area contributed by atoms with Crippen LogP contribution in [0.5, 0.6) is 0 Å². The third-order valence-electron chi connectivity index (χ3n) is 3.46. The molecule has 0 aliphatic rings. The molecule has 3 unspecified atom stereocenters. The number of ketones is 1. The maximum atomic E-state index is 12.2. The Kier molecular flexibility index (Phi) is 11.9. The topological polar surface area (TPSA) is 136 Å². The summed E-state index contributed by atoms with van der Waals surface area (Å²) < 4.78 is 4.47. The number of hydrogen-bond acceptors (Lipinski definition) is 7. The van der Waals surface area contributed by atoms with Gasteiger partial charge in [0.05, 0.1) is 5.92 Å². The predicted octanol–water partition coefficient (Wildman–Crippen LogP) is 0.489. The molecule has 0 bridgehead atoms. The van der Waals surface area contributed by atoms with Crippen LogP contribution in [-0.2, 0) is 23.9 Å². The number of rotatable bonds is 14. The molecule has 0 aliphatic heterocycles. The van der Waals surface area contributed by atoms with Crippen molar-refractivity contribution in [2.75, 3.05) is 5.75 Å². The molecule has 0 aromatic rings. The molecular weight excluding hydrogens is 336 g/mol. The molecule has 8 nitrogen and oxygen atoms in total. The fourth-order valence-electron chi connectivity index (χ4n) is 2.01. The fourth-order valence-corrected chi connectivity index (χ4v) is 2.31. The molecule has 9 heteroatoms. The van der Waals surface area contributed by atoms with Crippen molar-refractivity contribution in [1.82, 2.24) is 5.32 Å². The van der Waals surface area contributed by atoms with E-state index in [0.29, 0.717) is 12.8 Å². The smallest absolute Gasteiger partial charge is 0.326 e. The lowest BCUT2D eigenvalue weighted by atomic mass is 9.99. The molecule has 0 spiro atoms. The number of unbranched alkanes of at least 4 members (excludes halogenated alkanes) is 1. The number of nitrogens with one attached hydrogen (secondary N) is 1. The summed E-state index contributed by atoms with van der Waals surface area (Å²) in [5.41, 5.74) is 5.44. The molecule has 24 heavy (non-hydrogen) atoms. The Morgan fingerprint density at radius 3 is 2.50 bits per heavy atom. The molecule has 0 aliphatic carbocycles. The number of Topliss-reactive ketones (excluding diaryl/α,β-unsaturated/α-hetero) is 1. The van der Waals surface area contributed by atoms with Gasteiger partial charge in [0.25, 0.3) is 6.47 Å². The molecule has 0 rings (SSSR count). The van der Waals surface area contributed by atoms with Gasteiger partial charge < -0.3 is 15.2 Å². The largest absolute Gasteiger partial charge is 0.480 e. The number of carboxylic acids is 1. The first-order chi connectivity index (χ1) is 11.3. The number of carboxylic acid groups (broad SMARTS) is 1. The monoisotopic (exact) mass is 362 g/mol. The Morgan fingerprint density at radius 1 is 1.33 bits per heavy atom. The Morgan fingerprint density at radius 2 is 2.00 bits per heavy atom. The van der Waals surface area contributed by atoms with E-state index >= 15 is 0 Å². The SMILES string of the molecule is CCCCC(NC(=O)C(CS)CC(=O)CCC(N)OC=O)C(=O)O. The summed E-state index contributed by atoms with van der Waals surface area (Å²) >= 11 is 4.06. The van der Waals surface area contributed by atoms with E-state index in [0.717, 1.165) is 6.42 Å². The van der Waals surface area contributed by atoms with Gasteiger partial charge in [-0.05, 0) is 6.42 Å². The highest BCUT2D eigenvalue weighted by molar-refractivity contribution is 7.80. The van der Waals surface area contributed by atoms with Crippen LogP contribution >= 0.6 is 12.6 Å². The van der Waals surface area contributed by atoms with Gasteiger partial charge in [0.15, 0.2) is 6.23 Å². The zero-order chi connectivity index (χ0) is 18.5. The van der Waals surface area contributed by atoms with Crippen molar-refractivity contribution in [3.8, 4) is 0 Å². The van der Waals surface area contributed by atoms with Gasteiger partial charge in [-0.15, -0.1) is 0 Å². The lowest BCUT2D eigenvalue weighted by molar-refractivity contribution is -0.142. The molecule has 0 fully saturated rings. The molecule has 0 heterocycles. The van der Waals surface area contributed by atoms with E-state index in [1.165, 1.54) is 0 Å². The minimum Gasteiger partial charge on any atom is -0.480 e. The first-order valence-corrected chi connectivity index (χ1v) is 8.49. The van der Waals surface area contributed by atoms with Gasteiger partial charge >= 0.3 is 5.97 Å². The molecule has 4 N–H and O–H groups in total. The van der Waals surface area contributed by atoms with Crippen LogP contribution in [0.1, 0.15) is 45.4 Å². The molecule has 0 saturated carbocycles. The first-order valence-electron chi connectivity index (χ1n) is 7.86. The minimum absolute atomic E-state index is 0.0603. The van der Waals surface area contributed by atoms with Crippen LogP contribution in [0, 0.1) is 5.92 Å². The van der Waals surface area contributed by atoms with Crippen LogP contribution in [0.2, 0.25) is 0 Å². The number of nitrogens with two attached hydrogens (primary N) is 1. The van der Waals surface area contributed by atoms with Gasteiger partial charge in [-0.3, -0.25) is 20.1 Å². The lowest BCUT2D eigenvalue weighted by Gasteiger charge is -2.19. The molecule has 1 amide bonds. The highest BCUT2D eigenvalue weighted by Gasteiger charge is 2.26. The lowest BCUT2D eigenvalue weighted by Crippen LogP contribution is -2.44. The van der Waals surface area contributed by atoms with Crippen molar-refractivity contribution in [3.63, 3.8) is 0 Å². The van der Waals surface area contributed by atoms with Gasteiger partial charge in [0, 0.05) is 25.0 Å². The summed E-state index contributed by atoms with van der Waals surface area (Å²) in [7, 11) is 0. The molecular formula is C15H26N2O6S. The van der Waals surface area contributed by atoms with Crippen LogP contribution in [0.15, 0.2) is 0 Å². The third kappa shape index (κ3) is 9.51. The Labute approximate surface area is 146 Å². The Bertz CT molecular complexity index is 432. The quantitative estimate of drug-likeness (QED) is 0.200. The molecule has 0 aromatic heterocycles. The number of ether oxygens (including phenoxy) is 1. The van der Waals surface area contributed by atoms with Crippen molar-refractivity contribution < 1.29 is 29.0 Å². The summed E-state index contributed by atoms with van der Waals surface area (Å²) in [6, 6.07) is -0.968. The second kappa shape index (κ2) is 12.8. The highest BCUT2D eigenvalue weighted by atomic mass is 32.1. The maximum absolute atomic E-state index is 12.2. The second-order valence-corrected chi connectivity index (χ2v) is 5.84. The zero-order valence-electron chi connectivity index (χ0n) is 13.8. The van der Waals surface area contributed by atoms with E-state index in [9.17, 15) is 19.2 Å². The van der Waals surface area contributed by atoms with Crippen LogP contribution in [0.3, 0.4) is 0 Å². The van der Waals surface area contributed by atoms with Gasteiger partial charge in [0.2, 0.25) is 5.91 Å². The number of hydrogen-bond donors (Lipinski definition) is 4. The van der Waals surface area contributed by atoms with Crippen LogP contribution < -0.4 is 11.1 Å². The summed E-state index contributed by atoms with van der Waals surface area (Å²) in [5.74, 6) is -2.43. The van der Waals surface area contributed by atoms with Crippen LogP contribution in [0.4, 0.5) is 0 Å². The Hall–Kier alpha value is -1.61. The van der Waals surface area contributed by atoms with E-state index in [1.807, 2.05) is 6.92 Å². The van der Waals surface area contributed by atoms with E-state index in [-0.39, 0.29) is 37.3 Å². The van der Waals surface area contributed by atoms with Crippen molar-refractivity contribution in [2.45, 2.75) is 57.7 Å². The Balaban J connectivity index is 4.48. The van der Waals surface area contributed by atoms with E-state index < -0.39 is 30.1 Å². The van der Waals surface area contributed by atoms with E-state index in [4.69, 9.17) is 10.8 Å². The summed E-state index contributed by atoms with van der Waals surface area (Å²) in [4.78, 5) is 45.3. The summed E-state index contributed by atoms with van der Waals surface area (Å²) in [5, 5.41) is 11.6. The predicted molar refractivity (Wildman–Crippen MR) is 90.4 cm³/mol. The van der Waals surface area contributed by atoms with Gasteiger partial charge in [-0.1, -0.05) is 19.8 Å². The van der Waals surface area contributed by atoms with Crippen molar-refractivity contribution in [2.24, 2.45) is 11.7 Å². The minimum atomic E-state index is -1.10. The van der Waals surface area contributed by atoms with Crippen LogP contribution in [0.25, 0.3) is 0 Å². The standard InChI is InChI=1S/C15H26N2O6S/c1-2-3-4-12(15(21)22)17-14(20)10(8-24)7-11(19)5-6-13(16)23-9-18/h9-10,12-13,24H,2-8,16H2,1H3,(H,17,20)(H,21,22). The van der Waals surface area contributed by atoms with E-state index in [1.54, 1.807) is 0 Å². The van der Waals surface area contributed by atoms with E-state index in [2.05, 4.69) is 22.7 Å². The normalized spacial score (nSPS) is 14.3. The van der Waals surface area contributed by atoms with Gasteiger partial charge in [-0.2, -0.15) is 12.6 Å². The number of thiol groups is 1. The average Bonchev–Trinajstić information content (AvgIpc) is 2.54. The maximum Gasteiger partial charge on any atom is 0.326 e. The summed E-state index contributed by atoms with van der Waals surface area (Å²) in [6.07, 6.45) is 1.12.